The highest BCUT2D eigenvalue weighted by Crippen LogP contribution is 2.21. The molecule has 4 rings (SSSR count). The van der Waals surface area contributed by atoms with Gasteiger partial charge in [0.15, 0.2) is 0 Å². The molecule has 2 N–H and O–H groups in total. The number of urea groups is 1. The van der Waals surface area contributed by atoms with Crippen LogP contribution in [0.2, 0.25) is 0 Å². The van der Waals surface area contributed by atoms with E-state index >= 15 is 0 Å². The summed E-state index contributed by atoms with van der Waals surface area (Å²) in [5, 5.41) is 10.1. The molecule has 5 nitrogen and oxygen atoms in total. The number of nitrogens with zero attached hydrogens (tertiary/aromatic N) is 2. The van der Waals surface area contributed by atoms with Crippen molar-refractivity contribution in [1.82, 2.24) is 15.1 Å². The average molecular weight is 350 g/mol. The van der Waals surface area contributed by atoms with Gasteiger partial charge in [0.05, 0.1) is 12.7 Å². The van der Waals surface area contributed by atoms with Crippen LogP contribution < -0.4 is 10.6 Å². The second kappa shape index (κ2) is 7.00. The Balaban J connectivity index is 1.37. The molecular weight excluding hydrogens is 331 g/mol. The maximum Gasteiger partial charge on any atom is 0.320 e. The number of benzene rings is 2. The van der Waals surface area contributed by atoms with E-state index in [1.807, 2.05) is 12.1 Å². The zero-order chi connectivity index (χ0) is 17.9. The molecule has 0 saturated carbocycles. The first-order valence-electron chi connectivity index (χ1n) is 8.58. The van der Waals surface area contributed by atoms with Gasteiger partial charge < -0.3 is 5.32 Å². The van der Waals surface area contributed by atoms with Crippen molar-refractivity contribution in [2.75, 3.05) is 5.32 Å². The molecule has 0 fully saturated rings. The van der Waals surface area contributed by atoms with Crippen LogP contribution in [-0.4, -0.2) is 21.9 Å². The lowest BCUT2D eigenvalue weighted by Gasteiger charge is -2.14. The largest absolute Gasteiger partial charge is 0.334 e. The molecule has 0 unspecified atom stereocenters. The molecule has 1 heterocycles. The molecule has 6 heteroatoms. The number of carbonyl (C=O) groups excluding carboxylic acids is 1. The summed E-state index contributed by atoms with van der Waals surface area (Å²) in [5.74, 6) is 0.326. The summed E-state index contributed by atoms with van der Waals surface area (Å²) in [6.07, 6.45) is 3.32. The van der Waals surface area contributed by atoms with Gasteiger partial charge in [-0.2, -0.15) is 5.10 Å². The van der Waals surface area contributed by atoms with Crippen molar-refractivity contribution in [1.29, 1.82) is 0 Å². The normalized spacial score (nSPS) is 13.4. The smallest absolute Gasteiger partial charge is 0.320 e. The quantitative estimate of drug-likeness (QED) is 0.758. The van der Waals surface area contributed by atoms with Crippen molar-refractivity contribution >= 4 is 11.8 Å². The molecule has 0 radical (unpaired) electrons. The molecule has 132 valence electrons. The van der Waals surface area contributed by atoms with Gasteiger partial charge in [0.1, 0.15) is 11.6 Å². The van der Waals surface area contributed by atoms with Gasteiger partial charge in [-0.25, -0.2) is 13.9 Å². The first-order valence-corrected chi connectivity index (χ1v) is 8.58. The lowest BCUT2D eigenvalue weighted by molar-refractivity contribution is 0.248. The molecule has 1 aromatic heterocycles. The Labute approximate surface area is 150 Å². The van der Waals surface area contributed by atoms with Crippen LogP contribution in [0.1, 0.15) is 16.7 Å². The van der Waals surface area contributed by atoms with E-state index in [1.54, 1.807) is 29.1 Å². The Morgan fingerprint density at radius 3 is 2.46 bits per heavy atom. The van der Waals surface area contributed by atoms with Crippen LogP contribution in [-0.2, 0) is 19.4 Å². The lowest BCUT2D eigenvalue weighted by atomic mass is 10.1. The minimum Gasteiger partial charge on any atom is -0.334 e. The molecule has 2 aromatic carbocycles. The highest BCUT2D eigenvalue weighted by molar-refractivity contribution is 5.88. The van der Waals surface area contributed by atoms with Crippen LogP contribution in [0.5, 0.6) is 0 Å². The molecule has 0 spiro atoms. The maximum atomic E-state index is 13.0. The number of nitrogens with one attached hydrogen (secondary N) is 2. The Morgan fingerprint density at radius 1 is 1.08 bits per heavy atom. The monoisotopic (exact) mass is 350 g/mol. The number of aromatic nitrogens is 2. The van der Waals surface area contributed by atoms with Crippen LogP contribution in [0.3, 0.4) is 0 Å². The number of carbonyl (C=O) groups is 1. The third-order valence-electron chi connectivity index (χ3n) is 4.59. The van der Waals surface area contributed by atoms with E-state index < -0.39 is 0 Å². The number of hydrogen-bond donors (Lipinski definition) is 2. The van der Waals surface area contributed by atoms with Gasteiger partial charge in [-0.05, 0) is 41.7 Å². The predicted molar refractivity (Wildman–Crippen MR) is 97.5 cm³/mol. The van der Waals surface area contributed by atoms with Crippen LogP contribution in [0.25, 0.3) is 0 Å². The summed E-state index contributed by atoms with van der Waals surface area (Å²) >= 11 is 0. The van der Waals surface area contributed by atoms with Crippen LogP contribution >= 0.6 is 0 Å². The molecule has 2 amide bonds. The molecule has 1 aliphatic rings. The Kier molecular flexibility index (Phi) is 4.39. The first-order chi connectivity index (χ1) is 12.7. The van der Waals surface area contributed by atoms with E-state index in [-0.39, 0.29) is 17.9 Å². The Hall–Kier alpha value is -3.15. The van der Waals surface area contributed by atoms with Gasteiger partial charge >= 0.3 is 6.03 Å². The molecule has 1 aliphatic carbocycles. The minimum absolute atomic E-state index is 0.0980. The van der Waals surface area contributed by atoms with Crippen LogP contribution in [0, 0.1) is 5.82 Å². The summed E-state index contributed by atoms with van der Waals surface area (Å²) in [6, 6.07) is 16.1. The molecule has 0 aliphatic heterocycles. The second-order valence-electron chi connectivity index (χ2n) is 6.47. The van der Waals surface area contributed by atoms with E-state index in [9.17, 15) is 9.18 Å². The zero-order valence-corrected chi connectivity index (χ0v) is 14.2. The molecule has 0 bridgehead atoms. The van der Waals surface area contributed by atoms with Gasteiger partial charge in [0.25, 0.3) is 0 Å². The topological polar surface area (TPSA) is 59.0 Å². The number of hydrogen-bond acceptors (Lipinski definition) is 2. The number of fused-ring (bicyclic) bond motifs is 1. The third kappa shape index (κ3) is 3.59. The van der Waals surface area contributed by atoms with Crippen molar-refractivity contribution < 1.29 is 9.18 Å². The highest BCUT2D eigenvalue weighted by atomic mass is 19.1. The molecule has 3 aromatic rings. The Morgan fingerprint density at radius 2 is 1.77 bits per heavy atom. The fourth-order valence-electron chi connectivity index (χ4n) is 3.33. The molecular formula is C20H19FN4O. The van der Waals surface area contributed by atoms with Gasteiger partial charge in [-0.1, -0.05) is 36.4 Å². The summed E-state index contributed by atoms with van der Waals surface area (Å²) in [5.41, 5.74) is 3.49. The summed E-state index contributed by atoms with van der Waals surface area (Å²) in [7, 11) is 0. The van der Waals surface area contributed by atoms with E-state index in [2.05, 4.69) is 27.9 Å². The summed E-state index contributed by atoms with van der Waals surface area (Å²) in [4.78, 5) is 12.4. The molecule has 26 heavy (non-hydrogen) atoms. The SMILES string of the molecule is O=C(Nc1ccnn1Cc1ccc(F)cc1)NC1Cc2ccccc2C1. The summed E-state index contributed by atoms with van der Waals surface area (Å²) in [6.45, 7) is 0.456. The maximum absolute atomic E-state index is 13.0. The summed E-state index contributed by atoms with van der Waals surface area (Å²) < 4.78 is 14.7. The zero-order valence-electron chi connectivity index (χ0n) is 14.2. The van der Waals surface area contributed by atoms with Crippen molar-refractivity contribution in [3.05, 3.63) is 83.3 Å². The van der Waals surface area contributed by atoms with Gasteiger partial charge in [-0.15, -0.1) is 0 Å². The fourth-order valence-corrected chi connectivity index (χ4v) is 3.33. The van der Waals surface area contributed by atoms with E-state index in [0.717, 1.165) is 18.4 Å². The van der Waals surface area contributed by atoms with Crippen molar-refractivity contribution in [2.45, 2.75) is 25.4 Å². The van der Waals surface area contributed by atoms with Gasteiger partial charge in [0, 0.05) is 12.1 Å². The first kappa shape index (κ1) is 16.3. The minimum atomic E-state index is -0.274. The predicted octanol–water partition coefficient (Wildman–Crippen LogP) is 3.36. The van der Waals surface area contributed by atoms with E-state index in [4.69, 9.17) is 0 Å². The van der Waals surface area contributed by atoms with Crippen molar-refractivity contribution in [3.63, 3.8) is 0 Å². The van der Waals surface area contributed by atoms with Crippen molar-refractivity contribution in [2.24, 2.45) is 0 Å². The number of halogens is 1. The lowest BCUT2D eigenvalue weighted by Crippen LogP contribution is -2.38. The number of amides is 2. The number of rotatable bonds is 4. The number of anilines is 1. The van der Waals surface area contributed by atoms with E-state index in [0.29, 0.717) is 12.4 Å². The van der Waals surface area contributed by atoms with Crippen LogP contribution in [0.4, 0.5) is 15.0 Å². The average Bonchev–Trinajstić information content (AvgIpc) is 3.23. The standard InChI is InChI=1S/C20H19FN4O/c21-17-7-5-14(6-8-17)13-25-19(9-10-22-25)24-20(26)23-18-11-15-3-1-2-4-16(15)12-18/h1-10,18H,11-13H2,(H2,23,24,26). The van der Waals surface area contributed by atoms with Gasteiger partial charge in [-0.3, -0.25) is 5.32 Å². The van der Waals surface area contributed by atoms with Crippen molar-refractivity contribution in [3.8, 4) is 0 Å². The fraction of sp³-hybridized carbons (Fsp3) is 0.200. The second-order valence-corrected chi connectivity index (χ2v) is 6.47. The molecule has 0 atom stereocenters. The Bertz CT molecular complexity index is 895. The highest BCUT2D eigenvalue weighted by Gasteiger charge is 2.22. The van der Waals surface area contributed by atoms with E-state index in [1.165, 1.54) is 23.3 Å². The molecule has 0 saturated heterocycles. The third-order valence-corrected chi connectivity index (χ3v) is 4.59. The van der Waals surface area contributed by atoms with Gasteiger partial charge in [0.2, 0.25) is 0 Å². The van der Waals surface area contributed by atoms with Crippen LogP contribution in [0.15, 0.2) is 60.8 Å².